The van der Waals surface area contributed by atoms with Gasteiger partial charge in [-0.05, 0) is 65.2 Å². The molecule has 0 spiro atoms. The maximum atomic E-state index is 13.7. The first-order chi connectivity index (χ1) is 9.38. The SMILES string of the molecule is Cc1cc(C)c(NC(=O)c2ccc(Cl)cc2F)c(Br)c1. The van der Waals surface area contributed by atoms with Gasteiger partial charge in [0.25, 0.3) is 5.91 Å². The summed E-state index contributed by atoms with van der Waals surface area (Å²) in [7, 11) is 0. The second-order valence-electron chi connectivity index (χ2n) is 4.52. The van der Waals surface area contributed by atoms with Crippen LogP contribution in [0.4, 0.5) is 10.1 Å². The van der Waals surface area contributed by atoms with Crippen LogP contribution in [0.2, 0.25) is 5.02 Å². The normalized spacial score (nSPS) is 10.4. The van der Waals surface area contributed by atoms with Gasteiger partial charge in [-0.2, -0.15) is 0 Å². The minimum absolute atomic E-state index is 0.0405. The number of aryl methyl sites for hydroxylation is 2. The summed E-state index contributed by atoms with van der Waals surface area (Å²) >= 11 is 9.07. The van der Waals surface area contributed by atoms with Crippen LogP contribution in [0.1, 0.15) is 21.5 Å². The molecule has 1 amide bonds. The van der Waals surface area contributed by atoms with Gasteiger partial charge in [0.05, 0.1) is 11.3 Å². The van der Waals surface area contributed by atoms with E-state index >= 15 is 0 Å². The van der Waals surface area contributed by atoms with Gasteiger partial charge in [-0.1, -0.05) is 17.7 Å². The Hall–Kier alpha value is -1.39. The monoisotopic (exact) mass is 355 g/mol. The van der Waals surface area contributed by atoms with Crippen LogP contribution in [0, 0.1) is 19.7 Å². The number of halogens is 3. The van der Waals surface area contributed by atoms with Crippen molar-refractivity contribution in [3.05, 3.63) is 62.3 Å². The van der Waals surface area contributed by atoms with Crippen LogP contribution in [0.25, 0.3) is 0 Å². The van der Waals surface area contributed by atoms with Crippen molar-refractivity contribution in [3.8, 4) is 0 Å². The summed E-state index contributed by atoms with van der Waals surface area (Å²) in [5, 5.41) is 2.97. The molecule has 0 aliphatic heterocycles. The van der Waals surface area contributed by atoms with Gasteiger partial charge in [-0.15, -0.1) is 0 Å². The molecule has 0 aromatic heterocycles. The Balaban J connectivity index is 2.33. The number of amides is 1. The lowest BCUT2D eigenvalue weighted by molar-refractivity contribution is 0.102. The van der Waals surface area contributed by atoms with Crippen molar-refractivity contribution in [2.45, 2.75) is 13.8 Å². The standard InChI is InChI=1S/C15H12BrClFNO/c1-8-5-9(2)14(12(16)6-8)19-15(20)11-4-3-10(17)7-13(11)18/h3-7H,1-2H3,(H,19,20). The van der Waals surface area contributed by atoms with Crippen molar-refractivity contribution < 1.29 is 9.18 Å². The number of rotatable bonds is 2. The van der Waals surface area contributed by atoms with Crippen LogP contribution in [-0.4, -0.2) is 5.91 Å². The van der Waals surface area contributed by atoms with Gasteiger partial charge in [0, 0.05) is 9.50 Å². The van der Waals surface area contributed by atoms with Crippen molar-refractivity contribution in [3.63, 3.8) is 0 Å². The molecule has 0 atom stereocenters. The van der Waals surface area contributed by atoms with E-state index in [4.69, 9.17) is 11.6 Å². The lowest BCUT2D eigenvalue weighted by Crippen LogP contribution is -2.15. The molecule has 0 fully saturated rings. The third-order valence-electron chi connectivity index (χ3n) is 2.85. The number of nitrogens with one attached hydrogen (secondary N) is 1. The highest BCUT2D eigenvalue weighted by molar-refractivity contribution is 9.10. The van der Waals surface area contributed by atoms with Crippen molar-refractivity contribution in [2.24, 2.45) is 0 Å². The molecule has 20 heavy (non-hydrogen) atoms. The van der Waals surface area contributed by atoms with Crippen LogP contribution in [-0.2, 0) is 0 Å². The Morgan fingerprint density at radius 3 is 2.55 bits per heavy atom. The van der Waals surface area contributed by atoms with Crippen LogP contribution < -0.4 is 5.32 Å². The Morgan fingerprint density at radius 2 is 1.95 bits per heavy atom. The lowest BCUT2D eigenvalue weighted by Gasteiger charge is -2.12. The van der Waals surface area contributed by atoms with Gasteiger partial charge < -0.3 is 5.32 Å². The summed E-state index contributed by atoms with van der Waals surface area (Å²) in [6.45, 7) is 3.84. The quantitative estimate of drug-likeness (QED) is 0.796. The van der Waals surface area contributed by atoms with Crippen molar-refractivity contribution >= 4 is 39.1 Å². The van der Waals surface area contributed by atoms with E-state index in [1.165, 1.54) is 12.1 Å². The largest absolute Gasteiger partial charge is 0.321 e. The molecule has 0 bridgehead atoms. The third-order valence-corrected chi connectivity index (χ3v) is 3.71. The maximum Gasteiger partial charge on any atom is 0.258 e. The van der Waals surface area contributed by atoms with E-state index in [2.05, 4.69) is 21.2 Å². The van der Waals surface area contributed by atoms with Gasteiger partial charge in [0.15, 0.2) is 0 Å². The first kappa shape index (κ1) is 15.0. The fourth-order valence-corrected chi connectivity index (χ4v) is 2.86. The number of hydrogen-bond donors (Lipinski definition) is 1. The summed E-state index contributed by atoms with van der Waals surface area (Å²) in [6.07, 6.45) is 0. The molecule has 0 unspecified atom stereocenters. The average molecular weight is 357 g/mol. The fraction of sp³-hybridized carbons (Fsp3) is 0.133. The van der Waals surface area contributed by atoms with Gasteiger partial charge >= 0.3 is 0 Å². The van der Waals surface area contributed by atoms with E-state index in [1.54, 1.807) is 0 Å². The smallest absolute Gasteiger partial charge is 0.258 e. The molecular weight excluding hydrogens is 345 g/mol. The molecule has 2 rings (SSSR count). The predicted molar refractivity (Wildman–Crippen MR) is 83.0 cm³/mol. The molecule has 0 saturated carbocycles. The zero-order valence-corrected chi connectivity index (χ0v) is 13.3. The van der Waals surface area contributed by atoms with Gasteiger partial charge in [0.2, 0.25) is 0 Å². The van der Waals surface area contributed by atoms with E-state index < -0.39 is 11.7 Å². The van der Waals surface area contributed by atoms with Crippen LogP contribution >= 0.6 is 27.5 Å². The number of anilines is 1. The third kappa shape index (κ3) is 3.19. The molecule has 2 nitrogen and oxygen atoms in total. The number of carbonyl (C=O) groups excluding carboxylic acids is 1. The summed E-state index contributed by atoms with van der Waals surface area (Å²) in [6, 6.07) is 7.80. The molecule has 104 valence electrons. The minimum Gasteiger partial charge on any atom is -0.321 e. The van der Waals surface area contributed by atoms with Crippen LogP contribution in [0.5, 0.6) is 0 Å². The van der Waals surface area contributed by atoms with Crippen molar-refractivity contribution in [1.82, 2.24) is 0 Å². The molecule has 5 heteroatoms. The summed E-state index contributed by atoms with van der Waals surface area (Å²) in [4.78, 5) is 12.1. The molecule has 2 aromatic rings. The molecule has 0 radical (unpaired) electrons. The number of hydrogen-bond acceptors (Lipinski definition) is 1. The van der Waals surface area contributed by atoms with E-state index in [1.807, 2.05) is 26.0 Å². The molecule has 0 heterocycles. The lowest BCUT2D eigenvalue weighted by atomic mass is 10.1. The second kappa shape index (κ2) is 5.94. The molecule has 0 aliphatic carbocycles. The Morgan fingerprint density at radius 1 is 1.25 bits per heavy atom. The summed E-state index contributed by atoms with van der Waals surface area (Å²) in [5.74, 6) is -1.15. The van der Waals surface area contributed by atoms with E-state index in [-0.39, 0.29) is 10.6 Å². The van der Waals surface area contributed by atoms with Gasteiger partial charge in [0.1, 0.15) is 5.82 Å². The highest BCUT2D eigenvalue weighted by Gasteiger charge is 2.15. The first-order valence-corrected chi connectivity index (χ1v) is 7.08. The maximum absolute atomic E-state index is 13.7. The van der Waals surface area contributed by atoms with E-state index in [0.29, 0.717) is 5.69 Å². The summed E-state index contributed by atoms with van der Waals surface area (Å²) in [5.41, 5.74) is 2.57. The molecule has 1 N–H and O–H groups in total. The van der Waals surface area contributed by atoms with Gasteiger partial charge in [-0.3, -0.25) is 4.79 Å². The molecule has 2 aromatic carbocycles. The van der Waals surface area contributed by atoms with E-state index in [0.717, 1.165) is 21.7 Å². The topological polar surface area (TPSA) is 29.1 Å². The number of carbonyl (C=O) groups is 1. The summed E-state index contributed by atoms with van der Waals surface area (Å²) < 4.78 is 14.5. The van der Waals surface area contributed by atoms with Gasteiger partial charge in [-0.25, -0.2) is 4.39 Å². The first-order valence-electron chi connectivity index (χ1n) is 5.91. The molecular formula is C15H12BrClFNO. The molecule has 0 saturated heterocycles. The zero-order valence-electron chi connectivity index (χ0n) is 10.9. The Labute approximate surface area is 130 Å². The Kier molecular flexibility index (Phi) is 4.45. The predicted octanol–water partition coefficient (Wildman–Crippen LogP) is 5.11. The van der Waals surface area contributed by atoms with Crippen LogP contribution in [0.15, 0.2) is 34.8 Å². The average Bonchev–Trinajstić information content (AvgIpc) is 2.33. The fourth-order valence-electron chi connectivity index (χ4n) is 1.93. The minimum atomic E-state index is -0.643. The molecule has 0 aliphatic rings. The number of benzene rings is 2. The highest BCUT2D eigenvalue weighted by atomic mass is 79.9. The van der Waals surface area contributed by atoms with E-state index in [9.17, 15) is 9.18 Å². The van der Waals surface area contributed by atoms with Crippen molar-refractivity contribution in [2.75, 3.05) is 5.32 Å². The van der Waals surface area contributed by atoms with Crippen molar-refractivity contribution in [1.29, 1.82) is 0 Å². The van der Waals surface area contributed by atoms with Crippen LogP contribution in [0.3, 0.4) is 0 Å². The highest BCUT2D eigenvalue weighted by Crippen LogP contribution is 2.28. The Bertz CT molecular complexity index is 665. The second-order valence-corrected chi connectivity index (χ2v) is 5.81. The zero-order chi connectivity index (χ0) is 14.9.